The zero-order valence-electron chi connectivity index (χ0n) is 14.5. The first-order valence-electron chi connectivity index (χ1n) is 7.85. The number of carbonyl (C=O) groups is 2. The second-order valence-corrected chi connectivity index (χ2v) is 6.32. The fraction of sp³-hybridized carbons (Fsp3) is 0.333. The van der Waals surface area contributed by atoms with Gasteiger partial charge in [0.2, 0.25) is 0 Å². The van der Waals surface area contributed by atoms with E-state index in [2.05, 4.69) is 10.3 Å². The fourth-order valence-corrected chi connectivity index (χ4v) is 2.77. The summed E-state index contributed by atoms with van der Waals surface area (Å²) in [5, 5.41) is 13.0. The average Bonchev–Trinajstić information content (AvgIpc) is 2.84. The second-order valence-electron chi connectivity index (χ2n) is 5.88. The number of ether oxygens (including phenoxy) is 1. The summed E-state index contributed by atoms with van der Waals surface area (Å²) < 4.78 is 5.23. The van der Waals surface area contributed by atoms with E-state index < -0.39 is 24.1 Å². The first-order valence-corrected chi connectivity index (χ1v) is 8.23. The number of carbonyl (C=O) groups excluding carboxylic acids is 2. The molecule has 0 radical (unpaired) electrons. The first kappa shape index (κ1) is 19.0. The molecule has 1 heterocycles. The predicted molar refractivity (Wildman–Crippen MR) is 95.9 cm³/mol. The molecule has 3 N–H and O–H groups in total. The summed E-state index contributed by atoms with van der Waals surface area (Å²) in [7, 11) is 0. The molecule has 0 bridgehead atoms. The van der Waals surface area contributed by atoms with E-state index in [0.29, 0.717) is 27.5 Å². The molecule has 25 heavy (non-hydrogen) atoms. The van der Waals surface area contributed by atoms with E-state index in [1.807, 2.05) is 0 Å². The van der Waals surface area contributed by atoms with Gasteiger partial charge < -0.3 is 20.1 Å². The lowest BCUT2D eigenvalue weighted by Gasteiger charge is -2.13. The molecule has 1 aromatic heterocycles. The summed E-state index contributed by atoms with van der Waals surface area (Å²) >= 11 is 5.80. The van der Waals surface area contributed by atoms with E-state index in [0.717, 1.165) is 0 Å². The van der Waals surface area contributed by atoms with Crippen LogP contribution in [0, 0.1) is 13.8 Å². The van der Waals surface area contributed by atoms with Crippen molar-refractivity contribution in [2.75, 3.05) is 5.32 Å². The van der Waals surface area contributed by atoms with Crippen LogP contribution in [0.15, 0.2) is 24.3 Å². The Hall–Kier alpha value is -2.31. The van der Waals surface area contributed by atoms with Crippen LogP contribution < -0.4 is 5.32 Å². The largest absolute Gasteiger partial charge is 0.448 e. The Morgan fingerprint density at radius 2 is 1.80 bits per heavy atom. The maximum Gasteiger partial charge on any atom is 0.355 e. The molecule has 7 heteroatoms. The summed E-state index contributed by atoms with van der Waals surface area (Å²) in [6.07, 6.45) is -1.69. The summed E-state index contributed by atoms with van der Waals surface area (Å²) in [6.45, 7) is 6.60. The van der Waals surface area contributed by atoms with E-state index >= 15 is 0 Å². The van der Waals surface area contributed by atoms with Gasteiger partial charge in [-0.05, 0) is 57.5 Å². The van der Waals surface area contributed by atoms with E-state index in [9.17, 15) is 14.7 Å². The Morgan fingerprint density at radius 1 is 1.20 bits per heavy atom. The highest BCUT2D eigenvalue weighted by Gasteiger charge is 2.24. The van der Waals surface area contributed by atoms with Crippen molar-refractivity contribution in [3.05, 3.63) is 51.8 Å². The van der Waals surface area contributed by atoms with Gasteiger partial charge in [-0.15, -0.1) is 0 Å². The SMILES string of the molecule is Cc1[nH]c(C(=O)O[C@@H](C)C(=O)Nc2ccc(Cl)cc2)c(C)c1[C@@H](C)O. The summed E-state index contributed by atoms with van der Waals surface area (Å²) in [5.74, 6) is -1.10. The molecule has 0 spiro atoms. The van der Waals surface area contributed by atoms with Gasteiger partial charge in [0, 0.05) is 22.0 Å². The number of esters is 1. The van der Waals surface area contributed by atoms with Crippen LogP contribution in [0.4, 0.5) is 5.69 Å². The molecule has 1 amide bonds. The van der Waals surface area contributed by atoms with Crippen LogP contribution in [-0.2, 0) is 9.53 Å². The Kier molecular flexibility index (Phi) is 5.87. The number of aromatic nitrogens is 1. The number of aliphatic hydroxyl groups excluding tert-OH is 1. The third-order valence-electron chi connectivity index (χ3n) is 3.88. The van der Waals surface area contributed by atoms with Crippen molar-refractivity contribution in [1.29, 1.82) is 0 Å². The quantitative estimate of drug-likeness (QED) is 0.708. The highest BCUT2D eigenvalue weighted by Crippen LogP contribution is 2.25. The van der Waals surface area contributed by atoms with Crippen molar-refractivity contribution in [3.63, 3.8) is 0 Å². The smallest absolute Gasteiger partial charge is 0.355 e. The molecule has 0 fully saturated rings. The molecule has 2 atom stereocenters. The van der Waals surface area contributed by atoms with Gasteiger partial charge in [0.15, 0.2) is 6.10 Å². The molecule has 1 aromatic carbocycles. The minimum absolute atomic E-state index is 0.236. The second kappa shape index (κ2) is 7.72. The van der Waals surface area contributed by atoms with Crippen LogP contribution >= 0.6 is 11.6 Å². The van der Waals surface area contributed by atoms with E-state index in [-0.39, 0.29) is 5.69 Å². The van der Waals surface area contributed by atoms with E-state index in [1.54, 1.807) is 45.0 Å². The van der Waals surface area contributed by atoms with Crippen LogP contribution in [0.2, 0.25) is 5.02 Å². The van der Waals surface area contributed by atoms with Crippen molar-refractivity contribution in [3.8, 4) is 0 Å². The maximum absolute atomic E-state index is 12.3. The Morgan fingerprint density at radius 3 is 2.32 bits per heavy atom. The number of amides is 1. The minimum Gasteiger partial charge on any atom is -0.448 e. The van der Waals surface area contributed by atoms with Crippen molar-refractivity contribution in [2.45, 2.75) is 39.9 Å². The molecule has 6 nitrogen and oxygen atoms in total. The number of benzene rings is 1. The van der Waals surface area contributed by atoms with Gasteiger partial charge in [-0.2, -0.15) is 0 Å². The summed E-state index contributed by atoms with van der Waals surface area (Å²) in [4.78, 5) is 27.4. The topological polar surface area (TPSA) is 91.4 Å². The zero-order valence-corrected chi connectivity index (χ0v) is 15.3. The number of nitrogens with one attached hydrogen (secondary N) is 2. The number of halogens is 1. The van der Waals surface area contributed by atoms with Crippen molar-refractivity contribution in [1.82, 2.24) is 4.98 Å². The first-order chi connectivity index (χ1) is 11.7. The lowest BCUT2D eigenvalue weighted by molar-refractivity contribution is -0.123. The lowest BCUT2D eigenvalue weighted by Crippen LogP contribution is -2.30. The molecule has 0 aliphatic rings. The van der Waals surface area contributed by atoms with Gasteiger partial charge in [0.05, 0.1) is 6.10 Å². The number of hydrogen-bond donors (Lipinski definition) is 3. The Bertz CT molecular complexity index is 781. The Balaban J connectivity index is 2.06. The summed E-state index contributed by atoms with van der Waals surface area (Å²) in [6, 6.07) is 6.61. The van der Waals surface area contributed by atoms with Crippen LogP contribution in [0.5, 0.6) is 0 Å². The fourth-order valence-electron chi connectivity index (χ4n) is 2.65. The van der Waals surface area contributed by atoms with Gasteiger partial charge in [0.25, 0.3) is 5.91 Å². The maximum atomic E-state index is 12.3. The predicted octanol–water partition coefficient (Wildman–Crippen LogP) is 3.52. The highest BCUT2D eigenvalue weighted by atomic mass is 35.5. The van der Waals surface area contributed by atoms with Crippen LogP contribution in [0.25, 0.3) is 0 Å². The monoisotopic (exact) mass is 364 g/mol. The van der Waals surface area contributed by atoms with E-state index in [4.69, 9.17) is 16.3 Å². The normalized spacial score (nSPS) is 13.2. The standard InChI is InChI=1S/C18H21ClN2O4/c1-9-15(11(3)22)10(2)20-16(9)18(24)25-12(4)17(23)21-14-7-5-13(19)6-8-14/h5-8,11-12,20,22H,1-4H3,(H,21,23)/t11-,12+/m1/s1. The van der Waals surface area contributed by atoms with Crippen LogP contribution in [0.1, 0.15) is 47.3 Å². The number of hydrogen-bond acceptors (Lipinski definition) is 4. The number of anilines is 1. The van der Waals surface area contributed by atoms with Crippen molar-refractivity contribution >= 4 is 29.2 Å². The van der Waals surface area contributed by atoms with Gasteiger partial charge >= 0.3 is 5.97 Å². The van der Waals surface area contributed by atoms with E-state index in [1.165, 1.54) is 6.92 Å². The molecule has 2 aromatic rings. The molecular formula is C18H21ClN2O4. The van der Waals surface area contributed by atoms with Crippen molar-refractivity contribution < 1.29 is 19.4 Å². The minimum atomic E-state index is -0.985. The molecule has 0 aliphatic carbocycles. The number of aliphatic hydroxyl groups is 1. The summed E-state index contributed by atoms with van der Waals surface area (Å²) in [5.41, 5.74) is 2.76. The molecule has 2 rings (SSSR count). The van der Waals surface area contributed by atoms with Crippen molar-refractivity contribution in [2.24, 2.45) is 0 Å². The van der Waals surface area contributed by atoms with Gasteiger partial charge in [0.1, 0.15) is 5.69 Å². The Labute approximate surface area is 151 Å². The molecule has 0 aliphatic heterocycles. The molecule has 0 saturated heterocycles. The third kappa shape index (κ3) is 4.41. The van der Waals surface area contributed by atoms with Gasteiger partial charge in [-0.1, -0.05) is 11.6 Å². The molecule has 0 unspecified atom stereocenters. The number of H-pyrrole nitrogens is 1. The molecule has 0 saturated carbocycles. The lowest BCUT2D eigenvalue weighted by atomic mass is 10.1. The molecular weight excluding hydrogens is 344 g/mol. The number of aromatic amines is 1. The van der Waals surface area contributed by atoms with Crippen LogP contribution in [0.3, 0.4) is 0 Å². The highest BCUT2D eigenvalue weighted by molar-refractivity contribution is 6.30. The van der Waals surface area contributed by atoms with Gasteiger partial charge in [-0.25, -0.2) is 4.79 Å². The number of rotatable bonds is 5. The number of aryl methyl sites for hydroxylation is 1. The average molecular weight is 365 g/mol. The van der Waals surface area contributed by atoms with Crippen LogP contribution in [-0.4, -0.2) is 28.1 Å². The third-order valence-corrected chi connectivity index (χ3v) is 4.13. The molecule has 134 valence electrons. The van der Waals surface area contributed by atoms with Gasteiger partial charge in [-0.3, -0.25) is 4.79 Å². The zero-order chi connectivity index (χ0) is 18.7.